The summed E-state index contributed by atoms with van der Waals surface area (Å²) in [7, 11) is 1.80. The number of hydrogen-bond acceptors (Lipinski definition) is 2. The monoisotopic (exact) mass is 197 g/mol. The number of ether oxygens (including phenoxy) is 1. The fraction of sp³-hybridized carbons (Fsp3) is 0.909. The van der Waals surface area contributed by atoms with Gasteiger partial charge in [-0.15, -0.1) is 0 Å². The van der Waals surface area contributed by atoms with E-state index in [9.17, 15) is 4.79 Å². The van der Waals surface area contributed by atoms with Crippen molar-refractivity contribution < 1.29 is 9.53 Å². The van der Waals surface area contributed by atoms with Gasteiger partial charge in [0.1, 0.15) is 0 Å². The van der Waals surface area contributed by atoms with Crippen molar-refractivity contribution in [1.82, 2.24) is 5.32 Å². The molecule has 1 spiro atoms. The molecule has 3 nitrogen and oxygen atoms in total. The van der Waals surface area contributed by atoms with Gasteiger partial charge in [-0.05, 0) is 37.5 Å². The Morgan fingerprint density at radius 1 is 1.36 bits per heavy atom. The summed E-state index contributed by atoms with van der Waals surface area (Å²) in [4.78, 5) is 11.1. The van der Waals surface area contributed by atoms with Gasteiger partial charge in [0.2, 0.25) is 5.91 Å². The molecule has 1 saturated heterocycles. The molecule has 2 rings (SSSR count). The van der Waals surface area contributed by atoms with Crippen molar-refractivity contribution in [3.63, 3.8) is 0 Å². The van der Waals surface area contributed by atoms with Crippen LogP contribution in [-0.4, -0.2) is 25.7 Å². The van der Waals surface area contributed by atoms with Gasteiger partial charge in [0.05, 0.1) is 6.10 Å². The van der Waals surface area contributed by atoms with Crippen molar-refractivity contribution in [2.45, 2.75) is 44.6 Å². The highest BCUT2D eigenvalue weighted by atomic mass is 16.5. The first kappa shape index (κ1) is 9.97. The number of hydrogen-bond donors (Lipinski definition) is 1. The van der Waals surface area contributed by atoms with E-state index in [1.807, 2.05) is 0 Å². The topological polar surface area (TPSA) is 38.3 Å². The minimum Gasteiger partial charge on any atom is -0.381 e. The summed E-state index contributed by atoms with van der Waals surface area (Å²) in [5, 5.41) is 3.00. The average Bonchev–Trinajstić information content (AvgIpc) is 2.24. The molecule has 2 fully saturated rings. The maximum Gasteiger partial charge on any atom is 0.220 e. The molecular formula is C11H19NO2. The predicted octanol–water partition coefficient (Wildman–Crippen LogP) is 1.47. The van der Waals surface area contributed by atoms with Gasteiger partial charge in [-0.25, -0.2) is 0 Å². The first-order valence-electron chi connectivity index (χ1n) is 5.54. The largest absolute Gasteiger partial charge is 0.381 e. The number of methoxy groups -OCH3 is 1. The van der Waals surface area contributed by atoms with Crippen LogP contribution in [0.2, 0.25) is 0 Å². The Labute approximate surface area is 85.2 Å². The molecule has 0 aromatic rings. The molecular weight excluding hydrogens is 178 g/mol. The van der Waals surface area contributed by atoms with E-state index in [0.717, 1.165) is 32.2 Å². The van der Waals surface area contributed by atoms with E-state index in [2.05, 4.69) is 5.32 Å². The molecule has 0 bridgehead atoms. The Morgan fingerprint density at radius 2 is 2.07 bits per heavy atom. The number of amides is 1. The standard InChI is InChI=1S/C11H19NO2/c1-14-9-2-5-11(6-3-9)7-4-10(13)12-8-11/h9H,2-8H2,1H3,(H,12,13). The zero-order chi connectivity index (χ0) is 10.0. The maximum absolute atomic E-state index is 11.1. The van der Waals surface area contributed by atoms with E-state index in [1.54, 1.807) is 7.11 Å². The molecule has 1 N–H and O–H groups in total. The molecule has 80 valence electrons. The van der Waals surface area contributed by atoms with E-state index in [-0.39, 0.29) is 5.91 Å². The Balaban J connectivity index is 1.89. The van der Waals surface area contributed by atoms with Gasteiger partial charge in [0, 0.05) is 20.1 Å². The van der Waals surface area contributed by atoms with Gasteiger partial charge in [-0.2, -0.15) is 0 Å². The number of carbonyl (C=O) groups is 1. The highest BCUT2D eigenvalue weighted by molar-refractivity contribution is 5.76. The molecule has 0 atom stereocenters. The zero-order valence-electron chi connectivity index (χ0n) is 8.84. The lowest BCUT2D eigenvalue weighted by Gasteiger charge is -2.42. The molecule has 14 heavy (non-hydrogen) atoms. The van der Waals surface area contributed by atoms with Crippen molar-refractivity contribution in [3.05, 3.63) is 0 Å². The molecule has 2 aliphatic rings. The maximum atomic E-state index is 11.1. The third-order valence-electron chi connectivity index (χ3n) is 3.87. The third-order valence-corrected chi connectivity index (χ3v) is 3.87. The van der Waals surface area contributed by atoms with Crippen LogP contribution in [0.3, 0.4) is 0 Å². The minimum atomic E-state index is 0.226. The van der Waals surface area contributed by atoms with Crippen molar-refractivity contribution in [1.29, 1.82) is 0 Å². The van der Waals surface area contributed by atoms with Crippen molar-refractivity contribution in [3.8, 4) is 0 Å². The van der Waals surface area contributed by atoms with Crippen LogP contribution in [0.25, 0.3) is 0 Å². The van der Waals surface area contributed by atoms with Crippen LogP contribution in [0, 0.1) is 5.41 Å². The van der Waals surface area contributed by atoms with Gasteiger partial charge >= 0.3 is 0 Å². The van der Waals surface area contributed by atoms with Crippen LogP contribution in [0.1, 0.15) is 38.5 Å². The fourth-order valence-corrected chi connectivity index (χ4v) is 2.71. The summed E-state index contributed by atoms with van der Waals surface area (Å²) < 4.78 is 5.36. The molecule has 1 aliphatic heterocycles. The van der Waals surface area contributed by atoms with Crippen LogP contribution >= 0.6 is 0 Å². The molecule has 0 radical (unpaired) electrons. The smallest absolute Gasteiger partial charge is 0.220 e. The molecule has 1 aliphatic carbocycles. The Bertz CT molecular complexity index is 207. The Kier molecular flexibility index (Phi) is 2.77. The summed E-state index contributed by atoms with van der Waals surface area (Å²) in [5.41, 5.74) is 0.406. The number of rotatable bonds is 1. The second-order valence-corrected chi connectivity index (χ2v) is 4.71. The highest BCUT2D eigenvalue weighted by Crippen LogP contribution is 2.41. The van der Waals surface area contributed by atoms with E-state index in [4.69, 9.17) is 4.74 Å². The molecule has 0 unspecified atom stereocenters. The summed E-state index contributed by atoms with van der Waals surface area (Å²) in [6.45, 7) is 0.891. The lowest BCUT2D eigenvalue weighted by Crippen LogP contribution is -2.45. The highest BCUT2D eigenvalue weighted by Gasteiger charge is 2.38. The zero-order valence-corrected chi connectivity index (χ0v) is 8.84. The van der Waals surface area contributed by atoms with Crippen molar-refractivity contribution in [2.24, 2.45) is 5.41 Å². The van der Waals surface area contributed by atoms with Crippen LogP contribution in [0.5, 0.6) is 0 Å². The summed E-state index contributed by atoms with van der Waals surface area (Å²) >= 11 is 0. The van der Waals surface area contributed by atoms with Crippen LogP contribution in [-0.2, 0) is 9.53 Å². The molecule has 1 heterocycles. The predicted molar refractivity (Wildman–Crippen MR) is 53.9 cm³/mol. The number of piperidine rings is 1. The summed E-state index contributed by atoms with van der Waals surface area (Å²) in [6.07, 6.45) is 7.00. The van der Waals surface area contributed by atoms with Crippen LogP contribution in [0.15, 0.2) is 0 Å². The van der Waals surface area contributed by atoms with Crippen LogP contribution in [0.4, 0.5) is 0 Å². The Hall–Kier alpha value is -0.570. The number of nitrogens with one attached hydrogen (secondary N) is 1. The third kappa shape index (κ3) is 1.92. The quantitative estimate of drug-likeness (QED) is 0.691. The molecule has 1 amide bonds. The number of carbonyl (C=O) groups excluding carboxylic acids is 1. The lowest BCUT2D eigenvalue weighted by atomic mass is 9.69. The first-order chi connectivity index (χ1) is 6.74. The van der Waals surface area contributed by atoms with Crippen molar-refractivity contribution in [2.75, 3.05) is 13.7 Å². The van der Waals surface area contributed by atoms with E-state index >= 15 is 0 Å². The van der Waals surface area contributed by atoms with Gasteiger partial charge in [-0.1, -0.05) is 0 Å². The van der Waals surface area contributed by atoms with E-state index in [1.165, 1.54) is 12.8 Å². The first-order valence-corrected chi connectivity index (χ1v) is 5.54. The second-order valence-electron chi connectivity index (χ2n) is 4.71. The Morgan fingerprint density at radius 3 is 2.57 bits per heavy atom. The molecule has 1 saturated carbocycles. The SMILES string of the molecule is COC1CCC2(CCC(=O)NC2)CC1. The van der Waals surface area contributed by atoms with Gasteiger partial charge in [0.25, 0.3) is 0 Å². The molecule has 0 aromatic carbocycles. The second kappa shape index (κ2) is 3.89. The average molecular weight is 197 g/mol. The van der Waals surface area contributed by atoms with Gasteiger partial charge in [-0.3, -0.25) is 4.79 Å². The van der Waals surface area contributed by atoms with E-state index in [0.29, 0.717) is 11.5 Å². The summed E-state index contributed by atoms with van der Waals surface area (Å²) in [6, 6.07) is 0. The summed E-state index contributed by atoms with van der Waals surface area (Å²) in [5.74, 6) is 0.226. The molecule has 3 heteroatoms. The normalized spacial score (nSPS) is 38.4. The molecule has 0 aromatic heterocycles. The van der Waals surface area contributed by atoms with Gasteiger partial charge < -0.3 is 10.1 Å². The fourth-order valence-electron chi connectivity index (χ4n) is 2.71. The van der Waals surface area contributed by atoms with Crippen LogP contribution < -0.4 is 5.32 Å². The van der Waals surface area contributed by atoms with E-state index < -0.39 is 0 Å². The van der Waals surface area contributed by atoms with Gasteiger partial charge in [0.15, 0.2) is 0 Å². The van der Waals surface area contributed by atoms with Crippen molar-refractivity contribution >= 4 is 5.91 Å². The lowest BCUT2D eigenvalue weighted by molar-refractivity contribution is -0.125. The minimum absolute atomic E-state index is 0.226.